The van der Waals surface area contributed by atoms with Crippen LogP contribution >= 0.6 is 11.6 Å². The molecule has 42 heavy (non-hydrogen) atoms. The molecule has 1 aliphatic heterocycles. The quantitative estimate of drug-likeness (QED) is 0.254. The zero-order chi connectivity index (χ0) is 30.9. The molecular formula is C31H37ClN2O8. The van der Waals surface area contributed by atoms with Gasteiger partial charge in [-0.15, -0.1) is 0 Å². The van der Waals surface area contributed by atoms with Crippen molar-refractivity contribution in [3.05, 3.63) is 94.0 Å². The molecule has 1 aliphatic carbocycles. The van der Waals surface area contributed by atoms with Crippen LogP contribution < -0.4 is 0 Å². The van der Waals surface area contributed by atoms with E-state index >= 15 is 0 Å². The number of aliphatic carboxylic acids is 4. The Bertz CT molecular complexity index is 1190. The van der Waals surface area contributed by atoms with Gasteiger partial charge in [-0.2, -0.15) is 0 Å². The van der Waals surface area contributed by atoms with Gasteiger partial charge in [-0.3, -0.25) is 9.80 Å². The van der Waals surface area contributed by atoms with Crippen LogP contribution in [0, 0.1) is 0 Å². The highest BCUT2D eigenvalue weighted by atomic mass is 35.5. The average Bonchev–Trinajstić information content (AvgIpc) is 3.19. The lowest BCUT2D eigenvalue weighted by atomic mass is 10.00. The van der Waals surface area contributed by atoms with E-state index in [-0.39, 0.29) is 0 Å². The van der Waals surface area contributed by atoms with Crippen LogP contribution in [-0.2, 0) is 45.1 Å². The third kappa shape index (κ3) is 14.6. The minimum atomic E-state index is -1.26. The first-order valence-corrected chi connectivity index (χ1v) is 14.0. The molecule has 0 radical (unpaired) electrons. The lowest BCUT2D eigenvalue weighted by Crippen LogP contribution is -2.45. The van der Waals surface area contributed by atoms with Gasteiger partial charge in [0.2, 0.25) is 0 Å². The minimum absolute atomic E-state index is 0.558. The van der Waals surface area contributed by atoms with Crippen LogP contribution in [0.15, 0.2) is 66.8 Å². The number of rotatable bonds is 8. The predicted octanol–water partition coefficient (Wildman–Crippen LogP) is 4.35. The third-order valence-electron chi connectivity index (χ3n) is 6.59. The number of carbonyl (C=O) groups is 4. The summed E-state index contributed by atoms with van der Waals surface area (Å²) in [5, 5.41) is 32.1. The van der Waals surface area contributed by atoms with Gasteiger partial charge in [-0.05, 0) is 60.1 Å². The van der Waals surface area contributed by atoms with Crippen LogP contribution in [0.3, 0.4) is 0 Å². The van der Waals surface area contributed by atoms with Gasteiger partial charge in [0.05, 0.1) is 0 Å². The predicted molar refractivity (Wildman–Crippen MR) is 159 cm³/mol. The number of aryl methyl sites for hydroxylation is 2. The maximum atomic E-state index is 9.55. The van der Waals surface area contributed by atoms with Crippen LogP contribution in [0.25, 0.3) is 0 Å². The molecule has 0 saturated carbocycles. The Morgan fingerprint density at radius 2 is 1.00 bits per heavy atom. The Balaban J connectivity index is 0.000000319. The molecule has 2 aromatic rings. The lowest BCUT2D eigenvalue weighted by molar-refractivity contribution is -0.134. The van der Waals surface area contributed by atoms with E-state index in [2.05, 4.69) is 40.1 Å². The molecule has 0 aromatic heterocycles. The highest BCUT2D eigenvalue weighted by Gasteiger charge is 2.18. The Kier molecular flexibility index (Phi) is 15.0. The maximum absolute atomic E-state index is 9.55. The first kappa shape index (κ1) is 34.2. The van der Waals surface area contributed by atoms with E-state index in [4.69, 9.17) is 32.0 Å². The second kappa shape index (κ2) is 18.4. The molecule has 226 valence electrons. The Morgan fingerprint density at radius 1 is 0.595 bits per heavy atom. The number of halogens is 1. The highest BCUT2D eigenvalue weighted by Crippen LogP contribution is 2.23. The number of hydrogen-bond acceptors (Lipinski definition) is 6. The van der Waals surface area contributed by atoms with E-state index in [1.165, 1.54) is 43.2 Å². The van der Waals surface area contributed by atoms with E-state index in [1.807, 2.05) is 12.1 Å². The smallest absolute Gasteiger partial charge is 0.328 e. The molecule has 4 rings (SSSR count). The molecular weight excluding hydrogens is 564 g/mol. The molecule has 1 heterocycles. The number of carboxylic acids is 4. The van der Waals surface area contributed by atoms with E-state index in [9.17, 15) is 19.2 Å². The zero-order valence-corrected chi connectivity index (χ0v) is 24.1. The maximum Gasteiger partial charge on any atom is 0.328 e. The normalized spacial score (nSPS) is 15.5. The molecule has 1 saturated heterocycles. The van der Waals surface area contributed by atoms with Crippen molar-refractivity contribution >= 4 is 35.5 Å². The second-order valence-corrected chi connectivity index (χ2v) is 10.3. The van der Waals surface area contributed by atoms with Gasteiger partial charge < -0.3 is 20.4 Å². The van der Waals surface area contributed by atoms with Crippen molar-refractivity contribution < 1.29 is 39.6 Å². The summed E-state index contributed by atoms with van der Waals surface area (Å²) in [6.45, 7) is 6.74. The van der Waals surface area contributed by atoms with Gasteiger partial charge in [0.15, 0.2) is 0 Å². The summed E-state index contributed by atoms with van der Waals surface area (Å²) in [6.07, 6.45) is 8.90. The van der Waals surface area contributed by atoms with Gasteiger partial charge in [-0.1, -0.05) is 48.4 Å². The summed E-state index contributed by atoms with van der Waals surface area (Å²) in [4.78, 5) is 43.4. The van der Waals surface area contributed by atoms with Gasteiger partial charge in [0, 0.05) is 68.6 Å². The molecule has 0 unspecified atom stereocenters. The van der Waals surface area contributed by atoms with Crippen molar-refractivity contribution in [1.29, 1.82) is 0 Å². The second-order valence-electron chi connectivity index (χ2n) is 9.86. The van der Waals surface area contributed by atoms with E-state index in [0.29, 0.717) is 24.3 Å². The molecule has 0 bridgehead atoms. The first-order chi connectivity index (χ1) is 20.0. The fraction of sp³-hybridized carbons (Fsp3) is 0.355. The van der Waals surface area contributed by atoms with E-state index < -0.39 is 23.9 Å². The Hall–Kier alpha value is -3.99. The molecule has 4 N–H and O–H groups in total. The van der Waals surface area contributed by atoms with Crippen LogP contribution in [0.2, 0.25) is 5.02 Å². The van der Waals surface area contributed by atoms with Gasteiger partial charge >= 0.3 is 23.9 Å². The molecule has 10 nitrogen and oxygen atoms in total. The van der Waals surface area contributed by atoms with Crippen molar-refractivity contribution in [2.45, 2.75) is 45.2 Å². The third-order valence-corrected chi connectivity index (χ3v) is 6.84. The SMILES string of the molecule is Clc1ccc(CN2CCN(Cc3ccc4c(c3)CCCCC4)CC2)cc1.O=C(O)/C=C/C(=O)O.O=C(O)/C=C/C(=O)O. The summed E-state index contributed by atoms with van der Waals surface area (Å²) >= 11 is 5.98. The summed E-state index contributed by atoms with van der Waals surface area (Å²) in [5.74, 6) is -5.03. The van der Waals surface area contributed by atoms with Crippen molar-refractivity contribution in [2.75, 3.05) is 26.2 Å². The van der Waals surface area contributed by atoms with Gasteiger partial charge in [0.25, 0.3) is 0 Å². The van der Waals surface area contributed by atoms with Crippen LogP contribution in [-0.4, -0.2) is 80.3 Å². The number of hydrogen-bond donors (Lipinski definition) is 4. The Labute approximate surface area is 250 Å². The summed E-state index contributed by atoms with van der Waals surface area (Å²) < 4.78 is 0. The summed E-state index contributed by atoms with van der Waals surface area (Å²) in [7, 11) is 0. The first-order valence-electron chi connectivity index (χ1n) is 13.6. The molecule has 0 amide bonds. The van der Waals surface area contributed by atoms with E-state index in [1.54, 1.807) is 11.1 Å². The standard InChI is InChI=1S/C23H29ClN2.2C4H4O4/c24-23-10-7-19(8-11-23)17-25-12-14-26(15-13-25)18-20-6-9-21-4-2-1-3-5-22(21)16-20;2*5-3(6)1-2-4(7)8/h6-11,16H,1-5,12-15,17-18H2;2*1-2H,(H,5,6)(H,7,8)/b;2*2-1+. The Morgan fingerprint density at radius 3 is 1.45 bits per heavy atom. The summed E-state index contributed by atoms with van der Waals surface area (Å²) in [6, 6.07) is 15.5. The number of benzene rings is 2. The largest absolute Gasteiger partial charge is 0.478 e. The topological polar surface area (TPSA) is 156 Å². The summed E-state index contributed by atoms with van der Waals surface area (Å²) in [5.41, 5.74) is 6.06. The molecule has 11 heteroatoms. The van der Waals surface area contributed by atoms with Crippen LogP contribution in [0.1, 0.15) is 41.5 Å². The monoisotopic (exact) mass is 600 g/mol. The number of carboxylic acid groups (broad SMARTS) is 4. The molecule has 0 spiro atoms. The van der Waals surface area contributed by atoms with Gasteiger partial charge in [-0.25, -0.2) is 19.2 Å². The van der Waals surface area contributed by atoms with Crippen LogP contribution in [0.5, 0.6) is 0 Å². The van der Waals surface area contributed by atoms with Crippen molar-refractivity contribution in [3.8, 4) is 0 Å². The van der Waals surface area contributed by atoms with Crippen molar-refractivity contribution in [1.82, 2.24) is 9.80 Å². The number of nitrogens with zero attached hydrogens (tertiary/aromatic N) is 2. The number of fused-ring (bicyclic) bond motifs is 1. The van der Waals surface area contributed by atoms with Crippen LogP contribution in [0.4, 0.5) is 0 Å². The molecule has 1 fully saturated rings. The highest BCUT2D eigenvalue weighted by molar-refractivity contribution is 6.30. The molecule has 2 aliphatic rings. The van der Waals surface area contributed by atoms with Gasteiger partial charge in [0.1, 0.15) is 0 Å². The zero-order valence-electron chi connectivity index (χ0n) is 23.3. The number of piperazine rings is 1. The van der Waals surface area contributed by atoms with E-state index in [0.717, 1.165) is 44.3 Å². The lowest BCUT2D eigenvalue weighted by Gasteiger charge is -2.34. The van der Waals surface area contributed by atoms with Crippen molar-refractivity contribution in [2.24, 2.45) is 0 Å². The molecule has 2 aromatic carbocycles. The molecule has 0 atom stereocenters. The average molecular weight is 601 g/mol. The minimum Gasteiger partial charge on any atom is -0.478 e. The fourth-order valence-corrected chi connectivity index (χ4v) is 4.68. The van der Waals surface area contributed by atoms with Crippen molar-refractivity contribution in [3.63, 3.8) is 0 Å². The fourth-order valence-electron chi connectivity index (χ4n) is 4.56.